The van der Waals surface area contributed by atoms with Gasteiger partial charge in [-0.1, -0.05) is 60.3 Å². The zero-order valence-corrected chi connectivity index (χ0v) is 15.0. The Morgan fingerprint density at radius 1 is 1.04 bits per heavy atom. The molecule has 1 aliphatic heterocycles. The fourth-order valence-electron chi connectivity index (χ4n) is 2.09. The Morgan fingerprint density at radius 2 is 1.65 bits per heavy atom. The molecule has 3 rings (SSSR count). The molecule has 0 aliphatic carbocycles. The Labute approximate surface area is 146 Å². The number of fused-ring (bicyclic) bond motifs is 1. The Kier molecular flexibility index (Phi) is 5.34. The van der Waals surface area contributed by atoms with Gasteiger partial charge in [0.25, 0.3) is 11.8 Å². The van der Waals surface area contributed by atoms with E-state index in [2.05, 4.69) is 17.1 Å². The SMILES string of the molecule is CCCCSc1nnc(SCN2C(=O)c3ccccc3C2=O)s1. The number of benzene rings is 1. The summed E-state index contributed by atoms with van der Waals surface area (Å²) in [6.07, 6.45) is 2.31. The van der Waals surface area contributed by atoms with E-state index >= 15 is 0 Å². The number of hydrogen-bond donors (Lipinski definition) is 0. The fraction of sp³-hybridized carbons (Fsp3) is 0.333. The average molecular weight is 366 g/mol. The van der Waals surface area contributed by atoms with Gasteiger partial charge in [-0.3, -0.25) is 14.5 Å². The van der Waals surface area contributed by atoms with Crippen molar-refractivity contribution < 1.29 is 9.59 Å². The molecular formula is C15H15N3O2S3. The lowest BCUT2D eigenvalue weighted by Gasteiger charge is -2.11. The fourth-order valence-corrected chi connectivity index (χ4v) is 5.20. The minimum Gasteiger partial charge on any atom is -0.269 e. The van der Waals surface area contributed by atoms with E-state index in [0.29, 0.717) is 11.1 Å². The average Bonchev–Trinajstić information content (AvgIpc) is 3.11. The van der Waals surface area contributed by atoms with Crippen molar-refractivity contribution >= 4 is 46.7 Å². The van der Waals surface area contributed by atoms with Crippen molar-refractivity contribution in [3.8, 4) is 0 Å². The molecule has 2 heterocycles. The van der Waals surface area contributed by atoms with E-state index in [1.165, 1.54) is 28.0 Å². The summed E-state index contributed by atoms with van der Waals surface area (Å²) in [6.45, 7) is 2.16. The van der Waals surface area contributed by atoms with E-state index in [9.17, 15) is 9.59 Å². The molecule has 1 aliphatic rings. The van der Waals surface area contributed by atoms with Gasteiger partial charge in [0.2, 0.25) is 0 Å². The van der Waals surface area contributed by atoms with E-state index in [4.69, 9.17) is 0 Å². The normalized spacial score (nSPS) is 13.7. The summed E-state index contributed by atoms with van der Waals surface area (Å²) in [5.41, 5.74) is 0.956. The third kappa shape index (κ3) is 3.59. The van der Waals surface area contributed by atoms with Crippen molar-refractivity contribution in [3.63, 3.8) is 0 Å². The largest absolute Gasteiger partial charge is 0.269 e. The second-order valence-electron chi connectivity index (χ2n) is 4.89. The number of unbranched alkanes of at least 4 members (excludes halogenated alkanes) is 1. The van der Waals surface area contributed by atoms with Crippen LogP contribution in [0, 0.1) is 0 Å². The summed E-state index contributed by atoms with van der Waals surface area (Å²) in [6, 6.07) is 6.91. The lowest BCUT2D eigenvalue weighted by Crippen LogP contribution is -2.29. The number of nitrogens with zero attached hydrogens (tertiary/aromatic N) is 3. The van der Waals surface area contributed by atoms with Crippen molar-refractivity contribution in [2.24, 2.45) is 0 Å². The van der Waals surface area contributed by atoms with Crippen LogP contribution in [-0.2, 0) is 0 Å². The number of aromatic nitrogens is 2. The van der Waals surface area contributed by atoms with Gasteiger partial charge in [-0.15, -0.1) is 10.2 Å². The summed E-state index contributed by atoms with van der Waals surface area (Å²) in [5.74, 6) is 0.828. The Morgan fingerprint density at radius 3 is 2.26 bits per heavy atom. The number of rotatable bonds is 7. The first-order valence-corrected chi connectivity index (χ1v) is 10.0. The third-order valence-electron chi connectivity index (χ3n) is 3.31. The highest BCUT2D eigenvalue weighted by Crippen LogP contribution is 2.31. The van der Waals surface area contributed by atoms with E-state index in [1.54, 1.807) is 36.0 Å². The second-order valence-corrected chi connectivity index (χ2v) is 8.40. The van der Waals surface area contributed by atoms with Gasteiger partial charge in [-0.25, -0.2) is 0 Å². The van der Waals surface area contributed by atoms with Crippen LogP contribution in [0.5, 0.6) is 0 Å². The van der Waals surface area contributed by atoms with Crippen molar-refractivity contribution in [1.82, 2.24) is 15.1 Å². The molecule has 0 N–H and O–H groups in total. The quantitative estimate of drug-likeness (QED) is 0.423. The second kappa shape index (κ2) is 7.46. The van der Waals surface area contributed by atoms with Crippen LogP contribution in [0.25, 0.3) is 0 Å². The third-order valence-corrected chi connectivity index (χ3v) is 6.56. The lowest BCUT2D eigenvalue weighted by molar-refractivity contribution is 0.0684. The van der Waals surface area contributed by atoms with Gasteiger partial charge in [-0.2, -0.15) is 0 Å². The molecule has 0 radical (unpaired) electrons. The number of carbonyl (C=O) groups is 2. The molecule has 5 nitrogen and oxygen atoms in total. The Balaban J connectivity index is 1.59. The molecule has 0 fully saturated rings. The van der Waals surface area contributed by atoms with Crippen molar-refractivity contribution in [1.29, 1.82) is 0 Å². The van der Waals surface area contributed by atoms with Crippen molar-refractivity contribution in [2.45, 2.75) is 28.4 Å². The molecule has 2 amide bonds. The molecular weight excluding hydrogens is 350 g/mol. The molecule has 23 heavy (non-hydrogen) atoms. The highest BCUT2D eigenvalue weighted by atomic mass is 32.2. The molecule has 0 unspecified atom stereocenters. The predicted molar refractivity (Wildman–Crippen MR) is 93.2 cm³/mol. The Bertz CT molecular complexity index is 697. The first-order chi connectivity index (χ1) is 11.2. The molecule has 8 heteroatoms. The first-order valence-electron chi connectivity index (χ1n) is 7.25. The van der Waals surface area contributed by atoms with Gasteiger partial charge >= 0.3 is 0 Å². The summed E-state index contributed by atoms with van der Waals surface area (Å²) < 4.78 is 1.71. The van der Waals surface area contributed by atoms with Crippen molar-refractivity contribution in [3.05, 3.63) is 35.4 Å². The van der Waals surface area contributed by atoms with Crippen molar-refractivity contribution in [2.75, 3.05) is 11.6 Å². The molecule has 0 saturated heterocycles. The maximum Gasteiger partial charge on any atom is 0.262 e. The van der Waals surface area contributed by atoms with Gasteiger partial charge in [0.05, 0.1) is 17.0 Å². The summed E-state index contributed by atoms with van der Waals surface area (Å²) in [7, 11) is 0. The van der Waals surface area contributed by atoms with Gasteiger partial charge in [0, 0.05) is 5.75 Å². The molecule has 120 valence electrons. The number of hydrogen-bond acceptors (Lipinski definition) is 7. The maximum absolute atomic E-state index is 12.3. The van der Waals surface area contributed by atoms with Gasteiger partial charge in [0.1, 0.15) is 0 Å². The minimum absolute atomic E-state index is 0.236. The van der Waals surface area contributed by atoms with E-state index in [-0.39, 0.29) is 17.7 Å². The summed E-state index contributed by atoms with van der Waals surface area (Å²) in [4.78, 5) is 25.8. The van der Waals surface area contributed by atoms with Crippen LogP contribution in [-0.4, -0.2) is 38.5 Å². The summed E-state index contributed by atoms with van der Waals surface area (Å²) >= 11 is 4.58. The van der Waals surface area contributed by atoms with Crippen LogP contribution in [0.2, 0.25) is 0 Å². The monoisotopic (exact) mass is 365 g/mol. The Hall–Kier alpha value is -1.38. The van der Waals surface area contributed by atoms with Gasteiger partial charge in [-0.05, 0) is 18.6 Å². The number of thioether (sulfide) groups is 2. The smallest absolute Gasteiger partial charge is 0.262 e. The van der Waals surface area contributed by atoms with E-state index < -0.39 is 0 Å². The molecule has 0 atom stereocenters. The van der Waals surface area contributed by atoms with Crippen LogP contribution in [0.3, 0.4) is 0 Å². The first kappa shape index (κ1) is 16.5. The van der Waals surface area contributed by atoms with Crippen LogP contribution < -0.4 is 0 Å². The number of imide groups is 1. The van der Waals surface area contributed by atoms with E-state index in [1.807, 2.05) is 0 Å². The molecule has 2 aromatic rings. The zero-order chi connectivity index (χ0) is 16.2. The number of amides is 2. The lowest BCUT2D eigenvalue weighted by atomic mass is 10.1. The van der Waals surface area contributed by atoms with Crippen LogP contribution in [0.4, 0.5) is 0 Å². The highest BCUT2D eigenvalue weighted by Gasteiger charge is 2.35. The topological polar surface area (TPSA) is 63.2 Å². The van der Waals surface area contributed by atoms with Crippen LogP contribution in [0.1, 0.15) is 40.5 Å². The zero-order valence-electron chi connectivity index (χ0n) is 12.5. The van der Waals surface area contributed by atoms with E-state index in [0.717, 1.165) is 27.3 Å². The minimum atomic E-state index is -0.236. The maximum atomic E-state index is 12.3. The highest BCUT2D eigenvalue weighted by molar-refractivity contribution is 8.03. The van der Waals surface area contributed by atoms with Gasteiger partial charge < -0.3 is 0 Å². The molecule has 0 spiro atoms. The van der Waals surface area contributed by atoms with Crippen LogP contribution in [0.15, 0.2) is 32.9 Å². The molecule has 1 aromatic heterocycles. The number of carbonyl (C=O) groups excluding carboxylic acids is 2. The molecule has 1 aromatic carbocycles. The summed E-state index contributed by atoms with van der Waals surface area (Å²) in [5, 5.41) is 8.25. The molecule has 0 saturated carbocycles. The molecule has 0 bridgehead atoms. The predicted octanol–water partition coefficient (Wildman–Crippen LogP) is 3.78. The van der Waals surface area contributed by atoms with Gasteiger partial charge in [0.15, 0.2) is 8.68 Å². The van der Waals surface area contributed by atoms with Crippen LogP contribution >= 0.6 is 34.9 Å². The standard InChI is InChI=1S/C15H15N3O2S3/c1-2-3-8-21-14-16-17-15(23-14)22-9-18-12(19)10-6-4-5-7-11(10)13(18)20/h4-7H,2-3,8-9H2,1H3.